The molecule has 3 nitrogen and oxygen atoms in total. The third kappa shape index (κ3) is 3.22. The van der Waals surface area contributed by atoms with Crippen molar-refractivity contribution in [3.8, 4) is 0 Å². The fourth-order valence-electron chi connectivity index (χ4n) is 1.72. The van der Waals surface area contributed by atoms with Crippen molar-refractivity contribution in [1.82, 2.24) is 4.90 Å². The number of amidine groups is 1. The second-order valence-electron chi connectivity index (χ2n) is 3.84. The van der Waals surface area contributed by atoms with E-state index in [2.05, 4.69) is 11.8 Å². The molecule has 1 aliphatic rings. The first-order chi connectivity index (χ1) is 5.68. The standard InChI is InChI=1S/C9H19N3/c1-8-3-2-5-12(6-4-8)7-9(10)11/h8H,2-7H2,1H3,(H3,10,11). The number of likely N-dealkylation sites (tertiary alicyclic amines) is 1. The van der Waals surface area contributed by atoms with Gasteiger partial charge in [0, 0.05) is 0 Å². The summed E-state index contributed by atoms with van der Waals surface area (Å²) in [6.07, 6.45) is 3.84. The van der Waals surface area contributed by atoms with Gasteiger partial charge in [0.25, 0.3) is 0 Å². The molecule has 0 saturated carbocycles. The van der Waals surface area contributed by atoms with Crippen molar-refractivity contribution in [2.24, 2.45) is 11.7 Å². The maximum absolute atomic E-state index is 7.19. The first-order valence-corrected chi connectivity index (χ1v) is 4.73. The quantitative estimate of drug-likeness (QED) is 0.479. The Kier molecular flexibility index (Phi) is 3.53. The van der Waals surface area contributed by atoms with Gasteiger partial charge in [0.2, 0.25) is 0 Å². The summed E-state index contributed by atoms with van der Waals surface area (Å²) in [5.74, 6) is 1.14. The first kappa shape index (κ1) is 9.52. The van der Waals surface area contributed by atoms with Gasteiger partial charge in [-0.3, -0.25) is 10.3 Å². The maximum Gasteiger partial charge on any atom is 0.105 e. The zero-order chi connectivity index (χ0) is 8.97. The minimum Gasteiger partial charge on any atom is -0.387 e. The van der Waals surface area contributed by atoms with Crippen molar-refractivity contribution in [2.75, 3.05) is 19.6 Å². The van der Waals surface area contributed by atoms with Crippen molar-refractivity contribution in [3.63, 3.8) is 0 Å². The molecule has 1 unspecified atom stereocenters. The molecule has 3 N–H and O–H groups in total. The Bertz CT molecular complexity index is 156. The number of nitrogens with zero attached hydrogens (tertiary/aromatic N) is 1. The molecular weight excluding hydrogens is 150 g/mol. The van der Waals surface area contributed by atoms with Crippen LogP contribution < -0.4 is 5.73 Å². The molecule has 0 aromatic heterocycles. The van der Waals surface area contributed by atoms with Crippen LogP contribution in [0.4, 0.5) is 0 Å². The van der Waals surface area contributed by atoms with Gasteiger partial charge in [-0.25, -0.2) is 0 Å². The molecule has 0 amide bonds. The van der Waals surface area contributed by atoms with E-state index in [1.165, 1.54) is 19.3 Å². The fraction of sp³-hybridized carbons (Fsp3) is 0.889. The van der Waals surface area contributed by atoms with Gasteiger partial charge in [0.15, 0.2) is 0 Å². The Balaban J connectivity index is 2.30. The number of hydrogen-bond donors (Lipinski definition) is 2. The summed E-state index contributed by atoms with van der Waals surface area (Å²) >= 11 is 0. The monoisotopic (exact) mass is 169 g/mol. The van der Waals surface area contributed by atoms with Crippen LogP contribution in [0, 0.1) is 11.3 Å². The van der Waals surface area contributed by atoms with Crippen LogP contribution in [-0.4, -0.2) is 30.4 Å². The lowest BCUT2D eigenvalue weighted by Crippen LogP contribution is -2.34. The van der Waals surface area contributed by atoms with Gasteiger partial charge in [-0.15, -0.1) is 0 Å². The predicted octanol–water partition coefficient (Wildman–Crippen LogP) is 1.04. The van der Waals surface area contributed by atoms with Gasteiger partial charge in [0.05, 0.1) is 6.54 Å². The molecule has 1 rings (SSSR count). The van der Waals surface area contributed by atoms with Crippen molar-refractivity contribution in [2.45, 2.75) is 26.2 Å². The van der Waals surface area contributed by atoms with Crippen LogP contribution in [0.2, 0.25) is 0 Å². The third-order valence-corrected chi connectivity index (χ3v) is 2.50. The van der Waals surface area contributed by atoms with E-state index in [1.807, 2.05) is 0 Å². The van der Waals surface area contributed by atoms with E-state index in [4.69, 9.17) is 11.1 Å². The van der Waals surface area contributed by atoms with Gasteiger partial charge >= 0.3 is 0 Å². The fourth-order valence-corrected chi connectivity index (χ4v) is 1.72. The number of rotatable bonds is 2. The summed E-state index contributed by atoms with van der Waals surface area (Å²) in [7, 11) is 0. The molecule has 0 bridgehead atoms. The van der Waals surface area contributed by atoms with Crippen LogP contribution in [0.25, 0.3) is 0 Å². The van der Waals surface area contributed by atoms with Crippen molar-refractivity contribution < 1.29 is 0 Å². The molecule has 1 heterocycles. The largest absolute Gasteiger partial charge is 0.387 e. The molecule has 0 spiro atoms. The molecule has 1 saturated heterocycles. The van der Waals surface area contributed by atoms with Gasteiger partial charge in [0.1, 0.15) is 5.84 Å². The van der Waals surface area contributed by atoms with Crippen molar-refractivity contribution in [1.29, 1.82) is 5.41 Å². The predicted molar refractivity (Wildman–Crippen MR) is 51.4 cm³/mol. The van der Waals surface area contributed by atoms with Gasteiger partial charge in [-0.05, 0) is 38.3 Å². The van der Waals surface area contributed by atoms with Crippen LogP contribution in [0.15, 0.2) is 0 Å². The van der Waals surface area contributed by atoms with Crippen LogP contribution >= 0.6 is 0 Å². The molecular formula is C9H19N3. The maximum atomic E-state index is 7.19. The highest BCUT2D eigenvalue weighted by Crippen LogP contribution is 2.15. The Labute approximate surface area is 74.4 Å². The second kappa shape index (κ2) is 4.45. The normalized spacial score (nSPS) is 26.6. The van der Waals surface area contributed by atoms with Gasteiger partial charge < -0.3 is 5.73 Å². The van der Waals surface area contributed by atoms with Crippen LogP contribution in [0.1, 0.15) is 26.2 Å². The lowest BCUT2D eigenvalue weighted by atomic mass is 10.0. The smallest absolute Gasteiger partial charge is 0.105 e. The molecule has 1 atom stereocenters. The van der Waals surface area contributed by atoms with E-state index in [0.717, 1.165) is 19.0 Å². The van der Waals surface area contributed by atoms with Crippen LogP contribution in [0.3, 0.4) is 0 Å². The first-order valence-electron chi connectivity index (χ1n) is 4.73. The highest BCUT2D eigenvalue weighted by atomic mass is 15.1. The number of nitrogens with two attached hydrogens (primary N) is 1. The molecule has 70 valence electrons. The van der Waals surface area contributed by atoms with Crippen LogP contribution in [-0.2, 0) is 0 Å². The summed E-state index contributed by atoms with van der Waals surface area (Å²) in [4.78, 5) is 2.28. The zero-order valence-electron chi connectivity index (χ0n) is 7.84. The average molecular weight is 169 g/mol. The van der Waals surface area contributed by atoms with Gasteiger partial charge in [-0.1, -0.05) is 6.92 Å². The second-order valence-corrected chi connectivity index (χ2v) is 3.84. The highest BCUT2D eigenvalue weighted by Gasteiger charge is 2.13. The van der Waals surface area contributed by atoms with Crippen LogP contribution in [0.5, 0.6) is 0 Å². The van der Waals surface area contributed by atoms with Crippen molar-refractivity contribution >= 4 is 5.84 Å². The highest BCUT2D eigenvalue weighted by molar-refractivity contribution is 5.78. The Morgan fingerprint density at radius 1 is 1.50 bits per heavy atom. The van der Waals surface area contributed by atoms with Gasteiger partial charge in [-0.2, -0.15) is 0 Å². The van der Waals surface area contributed by atoms with Crippen molar-refractivity contribution in [3.05, 3.63) is 0 Å². The SMILES string of the molecule is CC1CCCN(CC(=N)N)CC1. The molecule has 0 radical (unpaired) electrons. The van der Waals surface area contributed by atoms with E-state index >= 15 is 0 Å². The summed E-state index contributed by atoms with van der Waals surface area (Å²) in [5, 5.41) is 7.19. The molecule has 1 fully saturated rings. The third-order valence-electron chi connectivity index (χ3n) is 2.50. The van der Waals surface area contributed by atoms with E-state index in [9.17, 15) is 0 Å². The average Bonchev–Trinajstić information content (AvgIpc) is 2.15. The summed E-state index contributed by atoms with van der Waals surface area (Å²) in [6, 6.07) is 0. The molecule has 12 heavy (non-hydrogen) atoms. The molecule has 0 aromatic carbocycles. The molecule has 1 aliphatic heterocycles. The van der Waals surface area contributed by atoms with E-state index in [0.29, 0.717) is 12.4 Å². The van der Waals surface area contributed by atoms with E-state index in [-0.39, 0.29) is 0 Å². The Morgan fingerprint density at radius 2 is 2.25 bits per heavy atom. The zero-order valence-corrected chi connectivity index (χ0v) is 7.84. The summed E-state index contributed by atoms with van der Waals surface area (Å²) in [5.41, 5.74) is 5.35. The Hall–Kier alpha value is -0.570. The number of nitrogens with one attached hydrogen (secondary N) is 1. The van der Waals surface area contributed by atoms with E-state index < -0.39 is 0 Å². The lowest BCUT2D eigenvalue weighted by molar-refractivity contribution is 0.319. The topological polar surface area (TPSA) is 53.1 Å². The lowest BCUT2D eigenvalue weighted by Gasteiger charge is -2.18. The molecule has 3 heteroatoms. The number of hydrogen-bond acceptors (Lipinski definition) is 2. The minimum atomic E-state index is 0.296. The summed E-state index contributed by atoms with van der Waals surface area (Å²) < 4.78 is 0. The summed E-state index contributed by atoms with van der Waals surface area (Å²) in [6.45, 7) is 5.19. The van der Waals surface area contributed by atoms with E-state index in [1.54, 1.807) is 0 Å². The molecule has 0 aromatic rings. The minimum absolute atomic E-state index is 0.296. The Morgan fingerprint density at radius 3 is 2.92 bits per heavy atom. The molecule has 0 aliphatic carbocycles.